The molecule has 1 aliphatic carbocycles. The van der Waals surface area contributed by atoms with Crippen LogP contribution in [0.15, 0.2) is 0 Å². The van der Waals surface area contributed by atoms with E-state index >= 15 is 0 Å². The molecule has 0 aromatic rings. The summed E-state index contributed by atoms with van der Waals surface area (Å²) >= 11 is 0. The van der Waals surface area contributed by atoms with E-state index in [-0.39, 0.29) is 53.3 Å². The quantitative estimate of drug-likeness (QED) is 0.737. The number of amides is 4. The monoisotopic (exact) mass is 320 g/mol. The molecule has 0 bridgehead atoms. The predicted molar refractivity (Wildman–Crippen MR) is 81.8 cm³/mol. The highest BCUT2D eigenvalue weighted by Gasteiger charge is 2.49. The largest absolute Gasteiger partial charge is 0.296 e. The molecule has 0 aromatic carbocycles. The maximum absolute atomic E-state index is 12.6. The second-order valence-corrected chi connectivity index (χ2v) is 7.28. The van der Waals surface area contributed by atoms with Gasteiger partial charge in [0.15, 0.2) is 0 Å². The SMILES string of the molecule is CC(C)N1C(=O)C2CCCC3C(=O)NC(=O)C3CCCC2C1=O. The first-order valence-electron chi connectivity index (χ1n) is 8.63. The van der Waals surface area contributed by atoms with Gasteiger partial charge in [0.1, 0.15) is 0 Å². The van der Waals surface area contributed by atoms with Gasteiger partial charge in [-0.3, -0.25) is 29.4 Å². The summed E-state index contributed by atoms with van der Waals surface area (Å²) in [7, 11) is 0. The molecule has 3 fully saturated rings. The van der Waals surface area contributed by atoms with Crippen molar-refractivity contribution in [2.24, 2.45) is 23.7 Å². The van der Waals surface area contributed by atoms with Crippen LogP contribution in [0.2, 0.25) is 0 Å². The lowest BCUT2D eigenvalue weighted by Gasteiger charge is -2.21. The average Bonchev–Trinajstić information content (AvgIpc) is 2.88. The highest BCUT2D eigenvalue weighted by atomic mass is 16.2. The van der Waals surface area contributed by atoms with Gasteiger partial charge in [0.2, 0.25) is 23.6 Å². The number of rotatable bonds is 1. The van der Waals surface area contributed by atoms with Crippen LogP contribution < -0.4 is 5.32 Å². The summed E-state index contributed by atoms with van der Waals surface area (Å²) < 4.78 is 0. The molecule has 2 heterocycles. The zero-order valence-corrected chi connectivity index (χ0v) is 13.7. The van der Waals surface area contributed by atoms with Gasteiger partial charge in [-0.15, -0.1) is 0 Å². The van der Waals surface area contributed by atoms with Crippen molar-refractivity contribution in [1.82, 2.24) is 10.2 Å². The molecule has 3 aliphatic rings. The molecule has 0 radical (unpaired) electrons. The van der Waals surface area contributed by atoms with Crippen molar-refractivity contribution in [3.63, 3.8) is 0 Å². The molecule has 2 saturated heterocycles. The average molecular weight is 320 g/mol. The molecule has 126 valence electrons. The topological polar surface area (TPSA) is 83.6 Å². The van der Waals surface area contributed by atoms with Crippen LogP contribution in [0.4, 0.5) is 0 Å². The van der Waals surface area contributed by atoms with Gasteiger partial charge in [-0.1, -0.05) is 12.8 Å². The standard InChI is InChI=1S/C17H24N2O4/c1-9(2)19-16(22)12-7-3-5-10-11(15(21)18-14(10)20)6-4-8-13(12)17(19)23/h9-13H,3-8H2,1-2H3,(H,18,20,21). The smallest absolute Gasteiger partial charge is 0.233 e. The van der Waals surface area contributed by atoms with Crippen LogP contribution in [0.1, 0.15) is 52.4 Å². The molecule has 6 nitrogen and oxygen atoms in total. The number of carbonyl (C=O) groups is 4. The van der Waals surface area contributed by atoms with E-state index in [1.165, 1.54) is 4.90 Å². The van der Waals surface area contributed by atoms with Gasteiger partial charge >= 0.3 is 0 Å². The lowest BCUT2D eigenvalue weighted by molar-refractivity contribution is -0.142. The maximum Gasteiger partial charge on any atom is 0.233 e. The summed E-state index contributed by atoms with van der Waals surface area (Å²) in [6.45, 7) is 3.72. The number of hydrogen-bond donors (Lipinski definition) is 1. The Morgan fingerprint density at radius 2 is 1.17 bits per heavy atom. The highest BCUT2D eigenvalue weighted by molar-refractivity contribution is 6.06. The van der Waals surface area contributed by atoms with Crippen LogP contribution in [0.5, 0.6) is 0 Å². The van der Waals surface area contributed by atoms with Crippen molar-refractivity contribution < 1.29 is 19.2 Å². The summed E-state index contributed by atoms with van der Waals surface area (Å²) in [5, 5.41) is 2.43. The van der Waals surface area contributed by atoms with E-state index in [0.717, 1.165) is 0 Å². The molecule has 1 saturated carbocycles. The fourth-order valence-electron chi connectivity index (χ4n) is 4.42. The Morgan fingerprint density at radius 3 is 1.57 bits per heavy atom. The molecular weight excluding hydrogens is 296 g/mol. The highest BCUT2D eigenvalue weighted by Crippen LogP contribution is 2.39. The minimum atomic E-state index is -0.257. The first-order valence-corrected chi connectivity index (χ1v) is 8.63. The van der Waals surface area contributed by atoms with Crippen molar-refractivity contribution in [3.05, 3.63) is 0 Å². The molecule has 0 spiro atoms. The summed E-state index contributed by atoms with van der Waals surface area (Å²) in [6.07, 6.45) is 3.90. The van der Waals surface area contributed by atoms with E-state index in [4.69, 9.17) is 0 Å². The van der Waals surface area contributed by atoms with Crippen LogP contribution in [0.25, 0.3) is 0 Å². The van der Waals surface area contributed by atoms with Crippen LogP contribution in [-0.2, 0) is 19.2 Å². The predicted octanol–water partition coefficient (Wildman–Crippen LogP) is 1.24. The molecule has 1 N–H and O–H groups in total. The second-order valence-electron chi connectivity index (χ2n) is 7.28. The van der Waals surface area contributed by atoms with Gasteiger partial charge < -0.3 is 0 Å². The van der Waals surface area contributed by atoms with E-state index in [1.807, 2.05) is 13.8 Å². The van der Waals surface area contributed by atoms with E-state index in [1.54, 1.807) is 0 Å². The fraction of sp³-hybridized carbons (Fsp3) is 0.765. The Balaban J connectivity index is 1.78. The van der Waals surface area contributed by atoms with E-state index in [9.17, 15) is 19.2 Å². The summed E-state index contributed by atoms with van der Waals surface area (Å²) in [4.78, 5) is 50.4. The number of fused-ring (bicyclic) bond motifs is 2. The number of likely N-dealkylation sites (tertiary alicyclic amines) is 1. The Kier molecular flexibility index (Phi) is 4.25. The van der Waals surface area contributed by atoms with Crippen molar-refractivity contribution >= 4 is 23.6 Å². The number of hydrogen-bond acceptors (Lipinski definition) is 4. The lowest BCUT2D eigenvalue weighted by Crippen LogP contribution is -2.37. The van der Waals surface area contributed by atoms with Crippen LogP contribution in [0.3, 0.4) is 0 Å². The van der Waals surface area contributed by atoms with E-state index < -0.39 is 0 Å². The third-order valence-electron chi connectivity index (χ3n) is 5.58. The minimum absolute atomic E-state index is 0.0564. The first-order chi connectivity index (χ1) is 10.9. The molecule has 4 amide bonds. The first kappa shape index (κ1) is 16.1. The normalized spacial score (nSPS) is 35.3. The molecule has 2 aliphatic heterocycles. The third-order valence-corrected chi connectivity index (χ3v) is 5.58. The van der Waals surface area contributed by atoms with Crippen molar-refractivity contribution in [2.45, 2.75) is 58.4 Å². The molecule has 4 atom stereocenters. The Bertz CT molecular complexity index is 513. The molecule has 4 unspecified atom stereocenters. The summed E-state index contributed by atoms with van der Waals surface area (Å²) in [5.74, 6) is -1.47. The van der Waals surface area contributed by atoms with Gasteiger partial charge in [-0.05, 0) is 39.5 Å². The van der Waals surface area contributed by atoms with Crippen molar-refractivity contribution in [1.29, 1.82) is 0 Å². The number of carbonyl (C=O) groups excluding carboxylic acids is 4. The zero-order chi connectivity index (χ0) is 16.7. The van der Waals surface area contributed by atoms with Crippen LogP contribution in [-0.4, -0.2) is 34.6 Å². The maximum atomic E-state index is 12.6. The molecule has 3 rings (SSSR count). The Hall–Kier alpha value is -1.72. The summed E-state index contributed by atoms with van der Waals surface area (Å²) in [6, 6.07) is -0.112. The van der Waals surface area contributed by atoms with Gasteiger partial charge in [0.25, 0.3) is 0 Å². The third kappa shape index (κ3) is 2.68. The molecule has 23 heavy (non-hydrogen) atoms. The van der Waals surface area contributed by atoms with Gasteiger partial charge in [0, 0.05) is 17.9 Å². The van der Waals surface area contributed by atoms with Crippen molar-refractivity contribution in [2.75, 3.05) is 0 Å². The van der Waals surface area contributed by atoms with Gasteiger partial charge in [0.05, 0.1) is 11.8 Å². The fourth-order valence-corrected chi connectivity index (χ4v) is 4.42. The molecule has 0 aromatic heterocycles. The van der Waals surface area contributed by atoms with E-state index in [0.29, 0.717) is 38.5 Å². The van der Waals surface area contributed by atoms with Gasteiger partial charge in [-0.2, -0.15) is 0 Å². The van der Waals surface area contributed by atoms with Crippen LogP contribution in [0, 0.1) is 23.7 Å². The second kappa shape index (κ2) is 6.06. The van der Waals surface area contributed by atoms with Crippen LogP contribution >= 0.6 is 0 Å². The number of nitrogens with zero attached hydrogens (tertiary/aromatic N) is 1. The Morgan fingerprint density at radius 1 is 0.783 bits per heavy atom. The van der Waals surface area contributed by atoms with Crippen molar-refractivity contribution in [3.8, 4) is 0 Å². The van der Waals surface area contributed by atoms with Gasteiger partial charge in [-0.25, -0.2) is 0 Å². The zero-order valence-electron chi connectivity index (χ0n) is 13.7. The number of nitrogens with one attached hydrogen (secondary N) is 1. The molecular formula is C17H24N2O4. The summed E-state index contributed by atoms with van der Waals surface area (Å²) in [5.41, 5.74) is 0. The lowest BCUT2D eigenvalue weighted by atomic mass is 9.79. The molecule has 6 heteroatoms. The number of imide groups is 2. The Labute approximate surface area is 136 Å². The minimum Gasteiger partial charge on any atom is -0.296 e. The van der Waals surface area contributed by atoms with E-state index in [2.05, 4.69) is 5.32 Å².